The molecule has 0 radical (unpaired) electrons. The summed E-state index contributed by atoms with van der Waals surface area (Å²) in [5.41, 5.74) is 4.96. The van der Waals surface area contributed by atoms with Crippen LogP contribution in [0.4, 0.5) is 0 Å². The highest BCUT2D eigenvalue weighted by molar-refractivity contribution is 14.2. The molecule has 0 bridgehead atoms. The highest BCUT2D eigenvalue weighted by Gasteiger charge is 2.10. The number of aromatic nitrogens is 3. The van der Waals surface area contributed by atoms with E-state index in [1.165, 1.54) is 0 Å². The van der Waals surface area contributed by atoms with Crippen LogP contribution in [-0.4, -0.2) is 14.5 Å². The third-order valence-corrected chi connectivity index (χ3v) is 5.60. The lowest BCUT2D eigenvalue weighted by Crippen LogP contribution is -1.79. The number of fused-ring (bicyclic) bond motifs is 1. The van der Waals surface area contributed by atoms with Gasteiger partial charge in [0.1, 0.15) is 0 Å². The van der Waals surface area contributed by atoms with E-state index in [1.54, 1.807) is 11.3 Å². The predicted molar refractivity (Wildman–Crippen MR) is 83.6 cm³/mol. The van der Waals surface area contributed by atoms with Crippen molar-refractivity contribution in [2.75, 3.05) is 0 Å². The normalized spacial score (nSPS) is 11.9. The molecule has 0 amide bonds. The van der Waals surface area contributed by atoms with E-state index < -0.39 is 0 Å². The molecule has 0 saturated heterocycles. The van der Waals surface area contributed by atoms with Crippen LogP contribution in [0, 0.1) is 0 Å². The number of hydrogen-bond acceptors (Lipinski definition) is 3. The Labute approximate surface area is 122 Å². The minimum atomic E-state index is 0.610. The van der Waals surface area contributed by atoms with Gasteiger partial charge in [0.25, 0.3) is 0 Å². The third kappa shape index (κ3) is 2.10. The maximum absolute atomic E-state index is 6.14. The van der Waals surface area contributed by atoms with Crippen LogP contribution in [0.5, 0.6) is 0 Å². The van der Waals surface area contributed by atoms with Gasteiger partial charge in [-0.15, -0.1) is 11.3 Å². The van der Waals surface area contributed by atoms with Gasteiger partial charge in [-0.2, -0.15) is 5.10 Å². The van der Waals surface area contributed by atoms with Crippen LogP contribution in [0.15, 0.2) is 30.0 Å². The van der Waals surface area contributed by atoms with E-state index in [0.29, 0.717) is 6.37 Å². The van der Waals surface area contributed by atoms with E-state index in [2.05, 4.69) is 32.1 Å². The molecule has 17 heavy (non-hydrogen) atoms. The van der Waals surface area contributed by atoms with Gasteiger partial charge in [0, 0.05) is 17.3 Å². The first-order valence-corrected chi connectivity index (χ1v) is 10.0. The molecule has 7 heteroatoms. The van der Waals surface area contributed by atoms with Crippen LogP contribution in [0.2, 0.25) is 5.02 Å². The van der Waals surface area contributed by atoms with Crippen molar-refractivity contribution >= 4 is 61.6 Å². The first-order chi connectivity index (χ1) is 8.29. The number of rotatable bonds is 2. The van der Waals surface area contributed by atoms with Crippen LogP contribution in [0.3, 0.4) is 0 Å². The molecule has 0 fully saturated rings. The van der Waals surface area contributed by atoms with Crippen LogP contribution < -0.4 is 0 Å². The Balaban J connectivity index is 2.23. The Morgan fingerprint density at radius 1 is 1.41 bits per heavy atom. The number of hydrogen-bond donors (Lipinski definition) is 0. The van der Waals surface area contributed by atoms with Gasteiger partial charge in [-0.25, -0.2) is 9.44 Å². The zero-order valence-electron chi connectivity index (χ0n) is 8.39. The van der Waals surface area contributed by atoms with Gasteiger partial charge in [-0.05, 0) is 28.1 Å². The standard InChI is InChI=1S/C10H6ClIN3PS/c11-8-2-1-7(9-10(8)17-5-13-9)6-3-14-15(4-6)16-12/h1-5,16H. The Morgan fingerprint density at radius 3 is 3.06 bits per heavy atom. The summed E-state index contributed by atoms with van der Waals surface area (Å²) >= 11 is 10.0. The number of thiazole rings is 1. The molecule has 3 aromatic rings. The average Bonchev–Trinajstić information content (AvgIpc) is 2.98. The van der Waals surface area contributed by atoms with Gasteiger partial charge in [-0.3, -0.25) is 0 Å². The van der Waals surface area contributed by atoms with E-state index in [9.17, 15) is 0 Å². The fraction of sp³-hybridized carbons (Fsp3) is 0. The van der Waals surface area contributed by atoms with Crippen molar-refractivity contribution in [3.8, 4) is 11.1 Å². The lowest BCUT2D eigenvalue weighted by atomic mass is 10.1. The van der Waals surface area contributed by atoms with Crippen molar-refractivity contribution in [1.29, 1.82) is 0 Å². The Bertz CT molecular complexity index is 681. The monoisotopic (exact) mass is 393 g/mol. The van der Waals surface area contributed by atoms with E-state index in [4.69, 9.17) is 11.6 Å². The highest BCUT2D eigenvalue weighted by Crippen LogP contribution is 2.35. The first-order valence-electron chi connectivity index (χ1n) is 4.73. The molecule has 2 aromatic heterocycles. The molecular weight excluding hydrogens is 388 g/mol. The third-order valence-electron chi connectivity index (χ3n) is 2.42. The lowest BCUT2D eigenvalue weighted by Gasteiger charge is -2.00. The molecular formula is C10H6ClIN3PS. The summed E-state index contributed by atoms with van der Waals surface area (Å²) in [4.78, 5) is 4.39. The van der Waals surface area contributed by atoms with Crippen molar-refractivity contribution in [3.05, 3.63) is 35.1 Å². The quantitative estimate of drug-likeness (QED) is 0.470. The van der Waals surface area contributed by atoms with Gasteiger partial charge in [0.05, 0.1) is 33.3 Å². The zero-order chi connectivity index (χ0) is 11.8. The maximum Gasteiger partial charge on any atom is 0.0906 e. The average molecular weight is 394 g/mol. The highest BCUT2D eigenvalue weighted by atomic mass is 127. The maximum atomic E-state index is 6.14. The minimum absolute atomic E-state index is 0.610. The molecule has 3 nitrogen and oxygen atoms in total. The second-order valence-corrected chi connectivity index (χ2v) is 6.72. The number of benzene rings is 1. The summed E-state index contributed by atoms with van der Waals surface area (Å²) < 4.78 is 2.96. The second-order valence-electron chi connectivity index (χ2n) is 3.38. The number of nitrogens with zero attached hydrogens (tertiary/aromatic N) is 3. The van der Waals surface area contributed by atoms with E-state index in [1.807, 2.05) is 34.5 Å². The molecule has 86 valence electrons. The summed E-state index contributed by atoms with van der Waals surface area (Å²) in [6.45, 7) is 0. The summed E-state index contributed by atoms with van der Waals surface area (Å²) in [7, 11) is 0. The summed E-state index contributed by atoms with van der Waals surface area (Å²) in [6, 6.07) is 3.92. The van der Waals surface area contributed by atoms with E-state index >= 15 is 0 Å². The summed E-state index contributed by atoms with van der Waals surface area (Å²) in [6.07, 6.45) is 4.51. The Morgan fingerprint density at radius 2 is 2.29 bits per heavy atom. The van der Waals surface area contributed by atoms with Gasteiger partial charge in [0.15, 0.2) is 0 Å². The number of halogens is 2. The molecule has 0 aliphatic rings. The van der Waals surface area contributed by atoms with Crippen LogP contribution >= 0.6 is 51.4 Å². The van der Waals surface area contributed by atoms with Gasteiger partial charge in [0.2, 0.25) is 0 Å². The predicted octanol–water partition coefficient (Wildman–Crippen LogP) is 4.60. The summed E-state index contributed by atoms with van der Waals surface area (Å²) in [5.74, 6) is 0. The van der Waals surface area contributed by atoms with E-state index in [-0.39, 0.29) is 0 Å². The van der Waals surface area contributed by atoms with E-state index in [0.717, 1.165) is 26.4 Å². The fourth-order valence-electron chi connectivity index (χ4n) is 1.66. The Hall–Kier alpha value is -0.230. The van der Waals surface area contributed by atoms with Gasteiger partial charge in [-0.1, -0.05) is 17.7 Å². The largest absolute Gasteiger partial charge is 0.245 e. The smallest absolute Gasteiger partial charge is 0.0906 e. The topological polar surface area (TPSA) is 30.7 Å². The van der Waals surface area contributed by atoms with Crippen molar-refractivity contribution in [2.45, 2.75) is 0 Å². The zero-order valence-corrected chi connectivity index (χ0v) is 13.1. The van der Waals surface area contributed by atoms with Gasteiger partial charge >= 0.3 is 0 Å². The SMILES string of the molecule is Clc1ccc(-c2cnn(PI)c2)c2ncsc12. The molecule has 3 rings (SSSR count). The van der Waals surface area contributed by atoms with Crippen molar-refractivity contribution < 1.29 is 0 Å². The van der Waals surface area contributed by atoms with Gasteiger partial charge < -0.3 is 0 Å². The minimum Gasteiger partial charge on any atom is -0.245 e. The van der Waals surface area contributed by atoms with Crippen LogP contribution in [-0.2, 0) is 0 Å². The molecule has 0 spiro atoms. The van der Waals surface area contributed by atoms with Crippen molar-refractivity contribution in [2.24, 2.45) is 0 Å². The molecule has 0 saturated carbocycles. The second kappa shape index (κ2) is 4.80. The Kier molecular flexibility index (Phi) is 3.34. The molecule has 0 aliphatic heterocycles. The van der Waals surface area contributed by atoms with Crippen LogP contribution in [0.25, 0.3) is 21.3 Å². The van der Waals surface area contributed by atoms with Crippen molar-refractivity contribution in [3.63, 3.8) is 0 Å². The molecule has 2 heterocycles. The fourth-order valence-corrected chi connectivity index (χ4v) is 3.74. The molecule has 1 aromatic carbocycles. The van der Waals surface area contributed by atoms with Crippen LogP contribution in [0.1, 0.15) is 0 Å². The molecule has 0 aliphatic carbocycles. The lowest BCUT2D eigenvalue weighted by molar-refractivity contribution is 1.01. The first kappa shape index (κ1) is 11.8. The van der Waals surface area contributed by atoms with Crippen molar-refractivity contribution in [1.82, 2.24) is 14.5 Å². The molecule has 0 N–H and O–H groups in total. The molecule has 1 unspecified atom stereocenters. The molecule has 1 atom stereocenters. The summed E-state index contributed by atoms with van der Waals surface area (Å²) in [5, 5.41) is 5.05.